The fraction of sp³-hybridized carbons (Fsp3) is 0.0667. The number of esters is 1. The molecule has 3 aromatic heterocycles. The summed E-state index contributed by atoms with van der Waals surface area (Å²) in [6, 6.07) is 7.89. The second-order valence-corrected chi connectivity index (χ2v) is 5.59. The topological polar surface area (TPSA) is 99.6 Å². The minimum absolute atomic E-state index is 0.0916. The first-order chi connectivity index (χ1) is 11.0. The van der Waals surface area contributed by atoms with Gasteiger partial charge in [0.2, 0.25) is 0 Å². The van der Waals surface area contributed by atoms with Crippen molar-refractivity contribution in [3.05, 3.63) is 68.8 Å². The monoisotopic (exact) mass is 374 g/mol. The van der Waals surface area contributed by atoms with E-state index in [0.717, 1.165) is 4.47 Å². The van der Waals surface area contributed by atoms with Crippen LogP contribution >= 0.6 is 15.9 Å². The first kappa shape index (κ1) is 15.2. The molecule has 0 aliphatic rings. The van der Waals surface area contributed by atoms with E-state index >= 15 is 0 Å². The van der Waals surface area contributed by atoms with Crippen LogP contribution in [-0.2, 0) is 11.3 Å². The lowest BCUT2D eigenvalue weighted by Gasteiger charge is -2.07. The van der Waals surface area contributed by atoms with Crippen LogP contribution in [0.25, 0.3) is 5.65 Å². The van der Waals surface area contributed by atoms with Crippen LogP contribution < -0.4 is 11.3 Å². The highest BCUT2D eigenvalue weighted by molar-refractivity contribution is 9.10. The molecule has 3 heterocycles. The Bertz CT molecular complexity index is 955. The van der Waals surface area contributed by atoms with Crippen molar-refractivity contribution >= 4 is 33.4 Å². The molecule has 0 atom stereocenters. The van der Waals surface area contributed by atoms with E-state index in [1.54, 1.807) is 24.4 Å². The van der Waals surface area contributed by atoms with Gasteiger partial charge in [-0.2, -0.15) is 0 Å². The number of carbonyl (C=O) groups is 1. The lowest BCUT2D eigenvalue weighted by Crippen LogP contribution is -2.17. The summed E-state index contributed by atoms with van der Waals surface area (Å²) in [7, 11) is 0. The molecule has 0 bridgehead atoms. The molecular formula is C15H11BrN4O3. The van der Waals surface area contributed by atoms with Crippen LogP contribution in [0.2, 0.25) is 0 Å². The second-order valence-electron chi connectivity index (χ2n) is 4.67. The Hall–Kier alpha value is -2.74. The van der Waals surface area contributed by atoms with Gasteiger partial charge in [0.25, 0.3) is 5.56 Å². The number of aromatic nitrogens is 3. The number of nitrogen functional groups attached to an aromatic ring is 1. The van der Waals surface area contributed by atoms with Crippen molar-refractivity contribution in [3.63, 3.8) is 0 Å². The van der Waals surface area contributed by atoms with E-state index in [1.165, 1.54) is 22.7 Å². The molecule has 0 aromatic carbocycles. The summed E-state index contributed by atoms with van der Waals surface area (Å²) in [5.41, 5.74) is 6.35. The average molecular weight is 375 g/mol. The standard InChI is InChI=1S/C15H11BrN4O3/c16-9-3-4-12-19-10(6-13(21)20(12)7-9)8-23-15(22)11-2-1-5-18-14(11)17/h1-7H,8H2,(H2,17,18). The summed E-state index contributed by atoms with van der Waals surface area (Å²) in [6.45, 7) is -0.130. The van der Waals surface area contributed by atoms with Crippen molar-refractivity contribution < 1.29 is 9.53 Å². The third-order valence-electron chi connectivity index (χ3n) is 3.09. The summed E-state index contributed by atoms with van der Waals surface area (Å²) >= 11 is 3.29. The Morgan fingerprint density at radius 3 is 2.96 bits per heavy atom. The quantitative estimate of drug-likeness (QED) is 0.701. The molecule has 0 aliphatic heterocycles. The largest absolute Gasteiger partial charge is 0.455 e. The van der Waals surface area contributed by atoms with E-state index in [-0.39, 0.29) is 23.5 Å². The van der Waals surface area contributed by atoms with Gasteiger partial charge in [0.1, 0.15) is 23.6 Å². The number of nitrogens with two attached hydrogens (primary N) is 1. The fourth-order valence-electron chi connectivity index (χ4n) is 2.01. The first-order valence-electron chi connectivity index (χ1n) is 6.60. The summed E-state index contributed by atoms with van der Waals surface area (Å²) in [5, 5.41) is 0. The van der Waals surface area contributed by atoms with Crippen molar-refractivity contribution in [2.45, 2.75) is 6.61 Å². The predicted molar refractivity (Wildman–Crippen MR) is 86.9 cm³/mol. The van der Waals surface area contributed by atoms with Gasteiger partial charge in [-0.25, -0.2) is 14.8 Å². The number of pyridine rings is 2. The summed E-state index contributed by atoms with van der Waals surface area (Å²) in [5.74, 6) is -0.526. The average Bonchev–Trinajstić information content (AvgIpc) is 2.54. The maximum atomic E-state index is 12.1. The normalized spacial score (nSPS) is 10.7. The van der Waals surface area contributed by atoms with E-state index in [0.29, 0.717) is 11.3 Å². The SMILES string of the molecule is Nc1ncccc1C(=O)OCc1cc(=O)n2cc(Br)ccc2n1. The molecule has 8 heteroatoms. The van der Waals surface area contributed by atoms with Gasteiger partial charge in [-0.15, -0.1) is 0 Å². The van der Waals surface area contributed by atoms with Crippen LogP contribution in [0.5, 0.6) is 0 Å². The molecule has 23 heavy (non-hydrogen) atoms. The van der Waals surface area contributed by atoms with Crippen LogP contribution in [0, 0.1) is 0 Å². The zero-order valence-electron chi connectivity index (χ0n) is 11.8. The van der Waals surface area contributed by atoms with Gasteiger partial charge in [-0.3, -0.25) is 9.20 Å². The highest BCUT2D eigenvalue weighted by atomic mass is 79.9. The highest BCUT2D eigenvalue weighted by Gasteiger charge is 2.12. The Kier molecular flexibility index (Phi) is 4.07. The third kappa shape index (κ3) is 3.21. The van der Waals surface area contributed by atoms with Crippen molar-refractivity contribution in [2.24, 2.45) is 0 Å². The van der Waals surface area contributed by atoms with Gasteiger partial charge in [0.05, 0.1) is 5.69 Å². The Morgan fingerprint density at radius 1 is 1.35 bits per heavy atom. The molecule has 3 aromatic rings. The second kappa shape index (κ2) is 6.17. The lowest BCUT2D eigenvalue weighted by molar-refractivity contribution is 0.0468. The number of fused-ring (bicyclic) bond motifs is 1. The summed E-state index contributed by atoms with van der Waals surface area (Å²) < 4.78 is 7.31. The van der Waals surface area contributed by atoms with Gasteiger partial charge >= 0.3 is 5.97 Å². The maximum absolute atomic E-state index is 12.1. The van der Waals surface area contributed by atoms with Crippen molar-refractivity contribution in [3.8, 4) is 0 Å². The minimum Gasteiger partial charge on any atom is -0.455 e. The van der Waals surface area contributed by atoms with E-state index in [9.17, 15) is 9.59 Å². The van der Waals surface area contributed by atoms with Crippen LogP contribution in [0.15, 0.2) is 52.0 Å². The van der Waals surface area contributed by atoms with Gasteiger partial charge in [0.15, 0.2) is 0 Å². The number of anilines is 1. The number of carbonyl (C=O) groups excluding carboxylic acids is 1. The van der Waals surface area contributed by atoms with E-state index in [1.807, 2.05) is 0 Å². The maximum Gasteiger partial charge on any atom is 0.342 e. The van der Waals surface area contributed by atoms with Gasteiger partial charge < -0.3 is 10.5 Å². The van der Waals surface area contributed by atoms with Crippen LogP contribution in [-0.4, -0.2) is 20.3 Å². The van der Waals surface area contributed by atoms with Crippen molar-refractivity contribution in [1.82, 2.24) is 14.4 Å². The predicted octanol–water partition coefficient (Wildman–Crippen LogP) is 1.79. The smallest absolute Gasteiger partial charge is 0.342 e. The zero-order chi connectivity index (χ0) is 16.4. The molecule has 0 saturated carbocycles. The lowest BCUT2D eigenvalue weighted by atomic mass is 10.2. The van der Waals surface area contributed by atoms with Crippen molar-refractivity contribution in [2.75, 3.05) is 5.73 Å². The fourth-order valence-corrected chi connectivity index (χ4v) is 2.34. The van der Waals surface area contributed by atoms with Crippen LogP contribution in [0.1, 0.15) is 16.1 Å². The summed E-state index contributed by atoms with van der Waals surface area (Å²) in [4.78, 5) is 32.1. The molecule has 0 unspecified atom stereocenters. The zero-order valence-corrected chi connectivity index (χ0v) is 13.4. The molecule has 7 nitrogen and oxygen atoms in total. The number of hydrogen-bond acceptors (Lipinski definition) is 6. The highest BCUT2D eigenvalue weighted by Crippen LogP contribution is 2.11. The number of rotatable bonds is 3. The Labute approximate surface area is 138 Å². The number of hydrogen-bond donors (Lipinski definition) is 1. The number of nitrogens with zero attached hydrogens (tertiary/aromatic N) is 3. The molecular weight excluding hydrogens is 364 g/mol. The Balaban J connectivity index is 1.82. The summed E-state index contributed by atoms with van der Waals surface area (Å²) in [6.07, 6.45) is 3.10. The molecule has 0 amide bonds. The Morgan fingerprint density at radius 2 is 2.17 bits per heavy atom. The number of ether oxygens (including phenoxy) is 1. The number of halogens is 1. The minimum atomic E-state index is -0.617. The van der Waals surface area contributed by atoms with Crippen LogP contribution in [0.4, 0.5) is 5.82 Å². The van der Waals surface area contributed by atoms with Crippen molar-refractivity contribution in [1.29, 1.82) is 0 Å². The molecule has 2 N–H and O–H groups in total. The van der Waals surface area contributed by atoms with E-state index in [2.05, 4.69) is 25.9 Å². The molecule has 3 rings (SSSR count). The van der Waals surface area contributed by atoms with Crippen LogP contribution in [0.3, 0.4) is 0 Å². The molecule has 0 radical (unpaired) electrons. The van der Waals surface area contributed by atoms with Gasteiger partial charge in [-0.05, 0) is 40.2 Å². The van der Waals surface area contributed by atoms with E-state index in [4.69, 9.17) is 10.5 Å². The molecule has 0 fully saturated rings. The van der Waals surface area contributed by atoms with E-state index < -0.39 is 5.97 Å². The molecule has 116 valence electrons. The molecule has 0 spiro atoms. The third-order valence-corrected chi connectivity index (χ3v) is 3.56. The van der Waals surface area contributed by atoms with Gasteiger partial charge in [0, 0.05) is 22.9 Å². The first-order valence-corrected chi connectivity index (χ1v) is 7.39. The molecule has 0 aliphatic carbocycles. The molecule has 0 saturated heterocycles. The van der Waals surface area contributed by atoms with Gasteiger partial charge in [-0.1, -0.05) is 0 Å².